The van der Waals surface area contributed by atoms with Gasteiger partial charge in [0.15, 0.2) is 0 Å². The first-order valence-corrected chi connectivity index (χ1v) is 7.99. The van der Waals surface area contributed by atoms with E-state index in [0.717, 1.165) is 11.8 Å². The summed E-state index contributed by atoms with van der Waals surface area (Å²) in [4.78, 5) is 0. The second-order valence-electron chi connectivity index (χ2n) is 6.11. The van der Waals surface area contributed by atoms with Crippen LogP contribution in [-0.2, 0) is 3.79 Å². The van der Waals surface area contributed by atoms with E-state index in [2.05, 4.69) is 48.5 Å². The monoisotopic (exact) mass is 254 g/mol. The zero-order valence-corrected chi connectivity index (χ0v) is 12.2. The maximum atomic E-state index is 6.20. The number of hydrogen-bond acceptors (Lipinski definition) is 1. The molecule has 0 saturated heterocycles. The Morgan fingerprint density at radius 2 is 1.27 bits per heavy atom. The minimum atomic E-state index is -0.975. The topological polar surface area (TPSA) is 9.23 Å². The summed E-state index contributed by atoms with van der Waals surface area (Å²) in [5.74, 6) is 1.57. The van der Waals surface area contributed by atoms with Crippen molar-refractivity contribution < 1.29 is 3.79 Å². The second kappa shape index (κ2) is 9.11. The standard InChI is InChI=1S/C4H9O.2C4H9.Al.K.H/c1-4(2,3)5;2*1-4(2)3;;;/h1-3H3;2*4H,1H2,2-3H3;;;/q-1;;;+1;;. The zero-order valence-electron chi connectivity index (χ0n) is 11.1. The van der Waals surface area contributed by atoms with E-state index >= 15 is 0 Å². The molecular weight excluding hydrogens is 226 g/mol. The van der Waals surface area contributed by atoms with Gasteiger partial charge >= 0.3 is 65.9 Å². The SMILES string of the molecule is CC(C)[CH2][Al]([CH2]C(C)C)[O]C(C)(C)C.[KH]. The van der Waals surface area contributed by atoms with Gasteiger partial charge in [0.2, 0.25) is 0 Å². The summed E-state index contributed by atoms with van der Waals surface area (Å²) in [7, 11) is 0. The Labute approximate surface area is 144 Å². The maximum absolute atomic E-state index is 6.20. The van der Waals surface area contributed by atoms with Gasteiger partial charge in [-0.15, -0.1) is 0 Å². The average molecular weight is 254 g/mol. The Bertz CT molecular complexity index is 142. The normalized spacial score (nSPS) is 11.8. The number of hydrogen-bond donors (Lipinski definition) is 0. The Balaban J connectivity index is 0. The van der Waals surface area contributed by atoms with Gasteiger partial charge in [-0.1, -0.05) is 50.1 Å². The summed E-state index contributed by atoms with van der Waals surface area (Å²) in [5.41, 5.74) is 0.0562. The van der Waals surface area contributed by atoms with Crippen LogP contribution in [0.5, 0.6) is 0 Å². The molecule has 0 aromatic heterocycles. The van der Waals surface area contributed by atoms with Crippen LogP contribution in [-0.4, -0.2) is 71.5 Å². The van der Waals surface area contributed by atoms with E-state index in [-0.39, 0.29) is 57.0 Å². The summed E-state index contributed by atoms with van der Waals surface area (Å²) >= 11 is -0.975. The Morgan fingerprint density at radius 1 is 0.933 bits per heavy atom. The third-order valence-electron chi connectivity index (χ3n) is 1.99. The van der Waals surface area contributed by atoms with Crippen LogP contribution in [0.2, 0.25) is 10.6 Å². The molecular formula is C12H28AlKO. The third-order valence-corrected chi connectivity index (χ3v) is 5.97. The van der Waals surface area contributed by atoms with E-state index in [1.54, 1.807) is 0 Å². The molecule has 0 aliphatic rings. The van der Waals surface area contributed by atoms with E-state index in [4.69, 9.17) is 3.79 Å². The van der Waals surface area contributed by atoms with Crippen LogP contribution in [0, 0.1) is 11.8 Å². The predicted molar refractivity (Wildman–Crippen MR) is 73.0 cm³/mol. The molecule has 3 heteroatoms. The van der Waals surface area contributed by atoms with Gasteiger partial charge in [0.1, 0.15) is 0 Å². The average Bonchev–Trinajstić information content (AvgIpc) is 1.77. The minimum absolute atomic E-state index is 0. The fourth-order valence-corrected chi connectivity index (χ4v) is 5.23. The van der Waals surface area contributed by atoms with E-state index in [9.17, 15) is 0 Å². The summed E-state index contributed by atoms with van der Waals surface area (Å²) < 4.78 is 6.20. The molecule has 86 valence electrons. The van der Waals surface area contributed by atoms with Crippen molar-refractivity contribution in [2.75, 3.05) is 0 Å². The summed E-state index contributed by atoms with van der Waals surface area (Å²) in [6.07, 6.45) is 0. The van der Waals surface area contributed by atoms with Crippen molar-refractivity contribution in [3.05, 3.63) is 0 Å². The molecule has 0 spiro atoms. The van der Waals surface area contributed by atoms with Crippen LogP contribution in [0.4, 0.5) is 0 Å². The van der Waals surface area contributed by atoms with E-state index in [0.29, 0.717) is 0 Å². The molecule has 15 heavy (non-hydrogen) atoms. The molecule has 0 saturated carbocycles. The molecule has 0 aliphatic carbocycles. The van der Waals surface area contributed by atoms with Crippen LogP contribution in [0.1, 0.15) is 48.5 Å². The summed E-state index contributed by atoms with van der Waals surface area (Å²) in [5, 5.41) is 2.63. The van der Waals surface area contributed by atoms with Gasteiger partial charge in [-0.3, -0.25) is 0 Å². The van der Waals surface area contributed by atoms with E-state index < -0.39 is 14.5 Å². The molecule has 0 fully saturated rings. The Hall–Kier alpha value is 2.13. The van der Waals surface area contributed by atoms with Crippen molar-refractivity contribution >= 4 is 65.9 Å². The first-order valence-electron chi connectivity index (χ1n) is 5.88. The van der Waals surface area contributed by atoms with E-state index in [1.807, 2.05) is 0 Å². The van der Waals surface area contributed by atoms with Gasteiger partial charge in [0.25, 0.3) is 0 Å². The van der Waals surface area contributed by atoms with Gasteiger partial charge in [0, 0.05) is 5.60 Å². The molecule has 0 unspecified atom stereocenters. The molecule has 0 aromatic rings. The van der Waals surface area contributed by atoms with Gasteiger partial charge < -0.3 is 3.79 Å². The molecule has 0 atom stereocenters. The molecule has 0 heterocycles. The van der Waals surface area contributed by atoms with Crippen LogP contribution >= 0.6 is 0 Å². The predicted octanol–water partition coefficient (Wildman–Crippen LogP) is 3.46. The van der Waals surface area contributed by atoms with E-state index in [1.165, 1.54) is 10.6 Å². The summed E-state index contributed by atoms with van der Waals surface area (Å²) in [6.45, 7) is 15.7. The Morgan fingerprint density at radius 3 is 1.47 bits per heavy atom. The first-order chi connectivity index (χ1) is 6.20. The van der Waals surface area contributed by atoms with Crippen LogP contribution in [0.3, 0.4) is 0 Å². The number of rotatable bonds is 5. The van der Waals surface area contributed by atoms with Crippen molar-refractivity contribution in [2.24, 2.45) is 11.8 Å². The van der Waals surface area contributed by atoms with Crippen molar-refractivity contribution in [3.63, 3.8) is 0 Å². The molecule has 1 nitrogen and oxygen atoms in total. The van der Waals surface area contributed by atoms with Crippen molar-refractivity contribution in [2.45, 2.75) is 64.6 Å². The van der Waals surface area contributed by atoms with Gasteiger partial charge in [-0.2, -0.15) is 0 Å². The molecule has 0 radical (unpaired) electrons. The van der Waals surface area contributed by atoms with Crippen LogP contribution in [0.15, 0.2) is 0 Å². The van der Waals surface area contributed by atoms with Crippen molar-refractivity contribution in [3.8, 4) is 0 Å². The fourth-order valence-electron chi connectivity index (χ4n) is 1.74. The molecule has 0 aliphatic heterocycles. The summed E-state index contributed by atoms with van der Waals surface area (Å²) in [6, 6.07) is 0. The van der Waals surface area contributed by atoms with Crippen LogP contribution in [0.25, 0.3) is 0 Å². The quantitative estimate of drug-likeness (QED) is 0.683. The molecule has 0 N–H and O–H groups in total. The molecule has 0 aromatic carbocycles. The third kappa shape index (κ3) is 14.1. The molecule has 0 amide bonds. The van der Waals surface area contributed by atoms with Gasteiger partial charge in [0.05, 0.1) is 0 Å². The first kappa shape index (κ1) is 19.5. The van der Waals surface area contributed by atoms with Crippen molar-refractivity contribution in [1.29, 1.82) is 0 Å². The molecule has 0 bridgehead atoms. The Kier molecular flexibility index (Phi) is 11.8. The second-order valence-corrected chi connectivity index (χ2v) is 8.53. The van der Waals surface area contributed by atoms with Gasteiger partial charge in [-0.25, -0.2) is 0 Å². The zero-order chi connectivity index (χ0) is 11.4. The van der Waals surface area contributed by atoms with Crippen molar-refractivity contribution in [1.82, 2.24) is 0 Å². The fraction of sp³-hybridized carbons (Fsp3) is 1.00. The van der Waals surface area contributed by atoms with Gasteiger partial charge in [-0.05, 0) is 20.8 Å². The molecule has 0 rings (SSSR count). The van der Waals surface area contributed by atoms with Crippen LogP contribution < -0.4 is 0 Å².